The summed E-state index contributed by atoms with van der Waals surface area (Å²) in [6.45, 7) is 5.08. The van der Waals surface area contributed by atoms with E-state index in [9.17, 15) is 4.79 Å². The quantitative estimate of drug-likeness (QED) is 0.656. The highest BCUT2D eigenvalue weighted by molar-refractivity contribution is 5.81. The van der Waals surface area contributed by atoms with Gasteiger partial charge in [0.2, 0.25) is 0 Å². The van der Waals surface area contributed by atoms with Crippen LogP contribution in [0.5, 0.6) is 0 Å². The van der Waals surface area contributed by atoms with Gasteiger partial charge >= 0.3 is 0 Å². The van der Waals surface area contributed by atoms with Crippen LogP contribution < -0.4 is 5.32 Å². The Bertz CT molecular complexity index is 241. The third-order valence-corrected chi connectivity index (χ3v) is 2.29. The molecule has 1 saturated heterocycles. The minimum atomic E-state index is -0.362. The van der Waals surface area contributed by atoms with Gasteiger partial charge < -0.3 is 15.0 Å². The van der Waals surface area contributed by atoms with Crippen LogP contribution in [-0.2, 0) is 9.53 Å². The molecule has 4 nitrogen and oxygen atoms in total. The van der Waals surface area contributed by atoms with E-state index >= 15 is 0 Å². The molecule has 1 N–H and O–H groups in total. The summed E-state index contributed by atoms with van der Waals surface area (Å²) in [6.07, 6.45) is 5.77. The lowest BCUT2D eigenvalue weighted by Crippen LogP contribution is -2.49. The second-order valence-corrected chi connectivity index (χ2v) is 3.53. The molecule has 0 spiro atoms. The van der Waals surface area contributed by atoms with Gasteiger partial charge in [-0.2, -0.15) is 0 Å². The molecule has 1 atom stereocenters. The van der Waals surface area contributed by atoms with Gasteiger partial charge in [0.1, 0.15) is 6.10 Å². The molecule has 1 rings (SSSR count). The largest absolute Gasteiger partial charge is 0.366 e. The minimum Gasteiger partial charge on any atom is -0.366 e. The first-order chi connectivity index (χ1) is 7.29. The van der Waals surface area contributed by atoms with Crippen LogP contribution in [0.2, 0.25) is 0 Å². The molecular weight excluding hydrogens is 192 g/mol. The van der Waals surface area contributed by atoms with Crippen LogP contribution >= 0.6 is 0 Å². The molecule has 0 aromatic rings. The summed E-state index contributed by atoms with van der Waals surface area (Å²) in [5.41, 5.74) is 0. The van der Waals surface area contributed by atoms with E-state index in [-0.39, 0.29) is 12.0 Å². The molecule has 0 bridgehead atoms. The summed E-state index contributed by atoms with van der Waals surface area (Å²) >= 11 is 0. The highest BCUT2D eigenvalue weighted by Crippen LogP contribution is 2.03. The zero-order chi connectivity index (χ0) is 11.1. The Morgan fingerprint density at radius 3 is 3.07 bits per heavy atom. The maximum absolute atomic E-state index is 11.9. The van der Waals surface area contributed by atoms with Crippen molar-refractivity contribution in [2.75, 3.05) is 32.8 Å². The maximum Gasteiger partial charge on any atom is 0.253 e. The molecule has 1 aliphatic rings. The number of nitrogens with zero attached hydrogens (tertiary/aromatic N) is 1. The maximum atomic E-state index is 11.9. The molecule has 1 aliphatic heterocycles. The fourth-order valence-corrected chi connectivity index (χ4v) is 1.57. The van der Waals surface area contributed by atoms with Crippen molar-refractivity contribution in [2.45, 2.75) is 19.4 Å². The van der Waals surface area contributed by atoms with Crippen LogP contribution in [-0.4, -0.2) is 49.7 Å². The molecule has 1 amide bonds. The molecule has 0 aromatic heterocycles. The van der Waals surface area contributed by atoms with Gasteiger partial charge in [-0.25, -0.2) is 0 Å². The summed E-state index contributed by atoms with van der Waals surface area (Å²) in [5, 5.41) is 3.13. The first-order valence-electron chi connectivity index (χ1n) is 5.34. The minimum absolute atomic E-state index is 0.00185. The Labute approximate surface area is 91.0 Å². The smallest absolute Gasteiger partial charge is 0.253 e. The van der Waals surface area contributed by atoms with Gasteiger partial charge in [-0.3, -0.25) is 4.79 Å². The predicted octanol–water partition coefficient (Wildman–Crippen LogP) is -0.153. The van der Waals surface area contributed by atoms with Crippen LogP contribution in [0.1, 0.15) is 13.3 Å². The van der Waals surface area contributed by atoms with Crippen LogP contribution in [0.4, 0.5) is 0 Å². The Hall–Kier alpha value is -1.05. The van der Waals surface area contributed by atoms with Crippen molar-refractivity contribution < 1.29 is 9.53 Å². The third kappa shape index (κ3) is 3.54. The van der Waals surface area contributed by atoms with Crippen molar-refractivity contribution in [3.63, 3.8) is 0 Å². The van der Waals surface area contributed by atoms with Gasteiger partial charge in [0.05, 0.1) is 13.2 Å². The van der Waals surface area contributed by atoms with E-state index in [2.05, 4.69) is 11.2 Å². The lowest BCUT2D eigenvalue weighted by Gasteiger charge is -2.28. The van der Waals surface area contributed by atoms with Gasteiger partial charge in [-0.05, 0) is 6.42 Å². The number of carbonyl (C=O) groups excluding carboxylic acids is 1. The molecule has 1 unspecified atom stereocenters. The van der Waals surface area contributed by atoms with Gasteiger partial charge in [0.15, 0.2) is 0 Å². The number of rotatable bonds is 4. The van der Waals surface area contributed by atoms with Crippen molar-refractivity contribution in [1.82, 2.24) is 10.2 Å². The number of hydrogen-bond acceptors (Lipinski definition) is 3. The molecule has 1 heterocycles. The van der Waals surface area contributed by atoms with Crippen LogP contribution in [0.3, 0.4) is 0 Å². The summed E-state index contributed by atoms with van der Waals surface area (Å²) in [6, 6.07) is 0. The second kappa shape index (κ2) is 6.44. The zero-order valence-electron chi connectivity index (χ0n) is 9.16. The fourth-order valence-electron chi connectivity index (χ4n) is 1.57. The van der Waals surface area contributed by atoms with Crippen molar-refractivity contribution in [2.24, 2.45) is 0 Å². The van der Waals surface area contributed by atoms with E-state index in [0.717, 1.165) is 13.0 Å². The molecular formula is C11H18N2O2. The molecule has 15 heavy (non-hydrogen) atoms. The summed E-state index contributed by atoms with van der Waals surface area (Å²) in [7, 11) is 0. The van der Waals surface area contributed by atoms with Gasteiger partial charge in [-0.15, -0.1) is 6.42 Å². The molecule has 0 saturated carbocycles. The number of amides is 1. The van der Waals surface area contributed by atoms with Crippen LogP contribution in [0.25, 0.3) is 0 Å². The number of terminal acetylenes is 1. The Morgan fingerprint density at radius 2 is 2.53 bits per heavy atom. The monoisotopic (exact) mass is 210 g/mol. The van der Waals surface area contributed by atoms with E-state index in [0.29, 0.717) is 26.2 Å². The number of ether oxygens (including phenoxy) is 1. The summed E-state index contributed by atoms with van der Waals surface area (Å²) < 4.78 is 5.39. The second-order valence-electron chi connectivity index (χ2n) is 3.53. The van der Waals surface area contributed by atoms with E-state index in [1.807, 2.05) is 6.92 Å². The Morgan fingerprint density at radius 1 is 1.73 bits per heavy atom. The van der Waals surface area contributed by atoms with Gasteiger partial charge in [0, 0.05) is 19.6 Å². The van der Waals surface area contributed by atoms with E-state index in [4.69, 9.17) is 11.2 Å². The average molecular weight is 210 g/mol. The SMILES string of the molecule is C#CCN(CCC)C(=O)C1CNCCO1. The molecule has 1 fully saturated rings. The predicted molar refractivity (Wildman–Crippen MR) is 58.3 cm³/mol. The highest BCUT2D eigenvalue weighted by atomic mass is 16.5. The lowest BCUT2D eigenvalue weighted by molar-refractivity contribution is -0.144. The molecule has 84 valence electrons. The number of nitrogens with one attached hydrogen (secondary N) is 1. The molecule has 0 aromatic carbocycles. The van der Waals surface area contributed by atoms with E-state index in [1.165, 1.54) is 0 Å². The average Bonchev–Trinajstić information content (AvgIpc) is 2.29. The van der Waals surface area contributed by atoms with Crippen molar-refractivity contribution >= 4 is 5.91 Å². The van der Waals surface area contributed by atoms with Crippen LogP contribution in [0, 0.1) is 12.3 Å². The number of carbonyl (C=O) groups is 1. The Kier molecular flexibility index (Phi) is 5.16. The Balaban J connectivity index is 2.50. The normalized spacial score (nSPS) is 20.7. The van der Waals surface area contributed by atoms with Gasteiger partial charge in [0.25, 0.3) is 5.91 Å². The molecule has 0 aliphatic carbocycles. The first-order valence-corrected chi connectivity index (χ1v) is 5.34. The molecule has 0 radical (unpaired) electrons. The third-order valence-electron chi connectivity index (χ3n) is 2.29. The standard InChI is InChI=1S/C11H18N2O2/c1-3-6-13(7-4-2)11(14)10-9-12-5-8-15-10/h1,10,12H,4-9H2,2H3. The first kappa shape index (κ1) is 12.0. The molecule has 4 heteroatoms. The topological polar surface area (TPSA) is 41.6 Å². The fraction of sp³-hybridized carbons (Fsp3) is 0.727. The van der Waals surface area contributed by atoms with Crippen molar-refractivity contribution in [3.05, 3.63) is 0 Å². The van der Waals surface area contributed by atoms with Crippen molar-refractivity contribution in [1.29, 1.82) is 0 Å². The zero-order valence-corrected chi connectivity index (χ0v) is 9.16. The van der Waals surface area contributed by atoms with Gasteiger partial charge in [-0.1, -0.05) is 12.8 Å². The highest BCUT2D eigenvalue weighted by Gasteiger charge is 2.25. The van der Waals surface area contributed by atoms with Crippen LogP contribution in [0.15, 0.2) is 0 Å². The number of morpholine rings is 1. The number of hydrogen-bond donors (Lipinski definition) is 1. The summed E-state index contributed by atoms with van der Waals surface area (Å²) in [4.78, 5) is 13.6. The van der Waals surface area contributed by atoms with E-state index < -0.39 is 0 Å². The lowest BCUT2D eigenvalue weighted by atomic mass is 10.2. The van der Waals surface area contributed by atoms with Crippen molar-refractivity contribution in [3.8, 4) is 12.3 Å². The summed E-state index contributed by atoms with van der Waals surface area (Å²) in [5.74, 6) is 2.50. The van der Waals surface area contributed by atoms with E-state index in [1.54, 1.807) is 4.90 Å².